The first-order valence-corrected chi connectivity index (χ1v) is 5.49. The van der Waals surface area contributed by atoms with Crippen LogP contribution in [0.25, 0.3) is 0 Å². The molecule has 0 spiro atoms. The van der Waals surface area contributed by atoms with Crippen molar-refractivity contribution >= 4 is 0 Å². The lowest BCUT2D eigenvalue weighted by atomic mass is 9.86. The van der Waals surface area contributed by atoms with Gasteiger partial charge in [-0.15, -0.1) is 0 Å². The summed E-state index contributed by atoms with van der Waals surface area (Å²) in [7, 11) is 0. The largest absolute Gasteiger partial charge is 0.394 e. The Hall–Kier alpha value is -0.160. The van der Waals surface area contributed by atoms with E-state index in [1.165, 1.54) is 6.42 Å². The van der Waals surface area contributed by atoms with Gasteiger partial charge in [0.1, 0.15) is 0 Å². The molecule has 0 radical (unpaired) electrons. The fourth-order valence-corrected chi connectivity index (χ4v) is 2.81. The molecular formula is C10H20N2O2. The number of β-amino-alcohol motifs (C(OH)–C–C–N with tert-alkyl or cyclic N) is 1. The zero-order valence-corrected chi connectivity index (χ0v) is 8.47. The summed E-state index contributed by atoms with van der Waals surface area (Å²) in [6.07, 6.45) is 2.85. The van der Waals surface area contributed by atoms with E-state index in [-0.39, 0.29) is 6.61 Å². The first-order chi connectivity index (χ1) is 6.70. The minimum atomic E-state index is -0.592. The van der Waals surface area contributed by atoms with Crippen molar-refractivity contribution in [2.75, 3.05) is 19.7 Å². The summed E-state index contributed by atoms with van der Waals surface area (Å²) in [5, 5.41) is 18.2. The van der Waals surface area contributed by atoms with Crippen molar-refractivity contribution in [1.82, 2.24) is 4.90 Å². The summed E-state index contributed by atoms with van der Waals surface area (Å²) >= 11 is 0. The molecule has 1 aliphatic carbocycles. The molecule has 0 aromatic carbocycles. The lowest BCUT2D eigenvalue weighted by molar-refractivity contribution is 0.0547. The van der Waals surface area contributed by atoms with Crippen molar-refractivity contribution in [3.8, 4) is 0 Å². The third-order valence-corrected chi connectivity index (χ3v) is 3.65. The van der Waals surface area contributed by atoms with Crippen LogP contribution < -0.4 is 5.73 Å². The average molecular weight is 200 g/mol. The molecule has 4 N–H and O–H groups in total. The third kappa shape index (κ3) is 1.93. The molecule has 0 aromatic rings. The quantitative estimate of drug-likeness (QED) is 0.555. The minimum Gasteiger partial charge on any atom is -0.394 e. The van der Waals surface area contributed by atoms with Gasteiger partial charge < -0.3 is 15.9 Å². The Morgan fingerprint density at radius 2 is 2.21 bits per heavy atom. The van der Waals surface area contributed by atoms with E-state index < -0.39 is 6.10 Å². The fourth-order valence-electron chi connectivity index (χ4n) is 2.81. The lowest BCUT2D eigenvalue weighted by Gasteiger charge is -2.27. The SMILES string of the molecule is NC1CCC2CC1CN2CC(O)CO. The summed E-state index contributed by atoms with van der Waals surface area (Å²) in [6.45, 7) is 1.47. The Kier molecular flexibility index (Phi) is 3.07. The zero-order valence-electron chi connectivity index (χ0n) is 8.47. The summed E-state index contributed by atoms with van der Waals surface area (Å²) in [6, 6.07) is 0.948. The summed E-state index contributed by atoms with van der Waals surface area (Å²) in [5.41, 5.74) is 6.00. The van der Waals surface area contributed by atoms with E-state index in [0.29, 0.717) is 24.5 Å². The minimum absolute atomic E-state index is 0.139. The molecule has 1 saturated heterocycles. The Bertz CT molecular complexity index is 199. The molecule has 4 atom stereocenters. The maximum Gasteiger partial charge on any atom is 0.0897 e. The summed E-state index contributed by atoms with van der Waals surface area (Å²) < 4.78 is 0. The van der Waals surface area contributed by atoms with Gasteiger partial charge in [-0.2, -0.15) is 0 Å². The number of nitrogens with two attached hydrogens (primary N) is 1. The smallest absolute Gasteiger partial charge is 0.0897 e. The number of hydrogen-bond acceptors (Lipinski definition) is 4. The summed E-state index contributed by atoms with van der Waals surface area (Å²) in [5.74, 6) is 0.611. The topological polar surface area (TPSA) is 69.7 Å². The van der Waals surface area contributed by atoms with Crippen molar-refractivity contribution < 1.29 is 10.2 Å². The van der Waals surface area contributed by atoms with Crippen LogP contribution in [0.3, 0.4) is 0 Å². The molecule has 14 heavy (non-hydrogen) atoms. The van der Waals surface area contributed by atoms with Crippen molar-refractivity contribution in [2.45, 2.75) is 37.5 Å². The highest BCUT2D eigenvalue weighted by Crippen LogP contribution is 2.34. The Morgan fingerprint density at radius 3 is 2.86 bits per heavy atom. The molecule has 2 bridgehead atoms. The highest BCUT2D eigenvalue weighted by Gasteiger charge is 2.39. The molecule has 82 valence electrons. The molecule has 2 aliphatic rings. The molecule has 2 rings (SSSR count). The number of aliphatic hydroxyl groups excluding tert-OH is 2. The summed E-state index contributed by atoms with van der Waals surface area (Å²) in [4.78, 5) is 2.29. The standard InChI is InChI=1S/C10H20N2O2/c11-10-2-1-8-3-7(10)4-12(8)5-9(14)6-13/h7-10,13-14H,1-6,11H2. The normalized spacial score (nSPS) is 40.1. The van der Waals surface area contributed by atoms with Gasteiger partial charge in [0.25, 0.3) is 0 Å². The second-order valence-corrected chi connectivity index (χ2v) is 4.68. The van der Waals surface area contributed by atoms with Crippen LogP contribution in [0.15, 0.2) is 0 Å². The molecule has 1 heterocycles. The number of hydrogen-bond donors (Lipinski definition) is 3. The molecule has 4 nitrogen and oxygen atoms in total. The lowest BCUT2D eigenvalue weighted by Crippen LogP contribution is -2.37. The van der Waals surface area contributed by atoms with Crippen LogP contribution >= 0.6 is 0 Å². The monoisotopic (exact) mass is 200 g/mol. The van der Waals surface area contributed by atoms with Crippen molar-refractivity contribution in [2.24, 2.45) is 11.7 Å². The number of nitrogens with zero attached hydrogens (tertiary/aromatic N) is 1. The van der Waals surface area contributed by atoms with Gasteiger partial charge in [-0.25, -0.2) is 0 Å². The van der Waals surface area contributed by atoms with E-state index in [4.69, 9.17) is 10.8 Å². The Morgan fingerprint density at radius 1 is 1.43 bits per heavy atom. The fraction of sp³-hybridized carbons (Fsp3) is 1.00. The molecule has 1 saturated carbocycles. The van der Waals surface area contributed by atoms with Crippen LogP contribution in [0.4, 0.5) is 0 Å². The van der Waals surface area contributed by atoms with Gasteiger partial charge in [0.05, 0.1) is 12.7 Å². The van der Waals surface area contributed by atoms with Crippen LogP contribution in [-0.4, -0.2) is 53.0 Å². The van der Waals surface area contributed by atoms with Crippen LogP contribution in [0.5, 0.6) is 0 Å². The van der Waals surface area contributed by atoms with Crippen LogP contribution in [0.2, 0.25) is 0 Å². The van der Waals surface area contributed by atoms with Gasteiger partial charge in [0.15, 0.2) is 0 Å². The second kappa shape index (κ2) is 4.14. The van der Waals surface area contributed by atoms with Gasteiger partial charge >= 0.3 is 0 Å². The van der Waals surface area contributed by atoms with Crippen molar-refractivity contribution in [3.05, 3.63) is 0 Å². The number of likely N-dealkylation sites (tertiary alicyclic amines) is 1. The molecular weight excluding hydrogens is 180 g/mol. The predicted molar refractivity (Wildman–Crippen MR) is 53.8 cm³/mol. The van der Waals surface area contributed by atoms with E-state index in [0.717, 1.165) is 19.4 Å². The molecule has 0 aromatic heterocycles. The third-order valence-electron chi connectivity index (χ3n) is 3.65. The van der Waals surface area contributed by atoms with Crippen LogP contribution in [-0.2, 0) is 0 Å². The number of aliphatic hydroxyl groups is 2. The average Bonchev–Trinajstić information content (AvgIpc) is 2.51. The molecule has 4 heteroatoms. The van der Waals surface area contributed by atoms with Gasteiger partial charge in [-0.05, 0) is 25.2 Å². The first-order valence-electron chi connectivity index (χ1n) is 5.49. The first kappa shape index (κ1) is 10.4. The Balaban J connectivity index is 1.90. The van der Waals surface area contributed by atoms with Crippen LogP contribution in [0, 0.1) is 5.92 Å². The Labute approximate surface area is 84.7 Å². The van der Waals surface area contributed by atoms with Gasteiger partial charge in [-0.1, -0.05) is 0 Å². The maximum absolute atomic E-state index is 9.38. The van der Waals surface area contributed by atoms with E-state index in [1.54, 1.807) is 0 Å². The van der Waals surface area contributed by atoms with E-state index in [9.17, 15) is 5.11 Å². The van der Waals surface area contributed by atoms with Gasteiger partial charge in [0.2, 0.25) is 0 Å². The van der Waals surface area contributed by atoms with Gasteiger partial charge in [0, 0.05) is 25.2 Å². The van der Waals surface area contributed by atoms with Crippen molar-refractivity contribution in [3.63, 3.8) is 0 Å². The molecule has 0 amide bonds. The van der Waals surface area contributed by atoms with E-state index in [1.807, 2.05) is 0 Å². The number of rotatable bonds is 3. The number of fused-ring (bicyclic) bond motifs is 2. The molecule has 4 unspecified atom stereocenters. The van der Waals surface area contributed by atoms with Crippen molar-refractivity contribution in [1.29, 1.82) is 0 Å². The van der Waals surface area contributed by atoms with Gasteiger partial charge in [-0.3, -0.25) is 4.90 Å². The molecule has 1 aliphatic heterocycles. The highest BCUT2D eigenvalue weighted by molar-refractivity contribution is 4.95. The molecule has 2 fully saturated rings. The second-order valence-electron chi connectivity index (χ2n) is 4.68. The predicted octanol–water partition coefficient (Wildman–Crippen LogP) is -0.849. The zero-order chi connectivity index (χ0) is 10.1. The maximum atomic E-state index is 9.38. The highest BCUT2D eigenvalue weighted by atomic mass is 16.3. The van der Waals surface area contributed by atoms with E-state index >= 15 is 0 Å². The van der Waals surface area contributed by atoms with Crippen LogP contribution in [0.1, 0.15) is 19.3 Å². The van der Waals surface area contributed by atoms with E-state index in [2.05, 4.69) is 4.90 Å².